The van der Waals surface area contributed by atoms with Gasteiger partial charge in [-0.1, -0.05) is 11.6 Å². The number of allylic oxidation sites excluding steroid dienone is 1. The zero-order valence-corrected chi connectivity index (χ0v) is 7.72. The number of hydrogen-bond donors (Lipinski definition) is 0. The van der Waals surface area contributed by atoms with E-state index in [9.17, 15) is 4.57 Å². The van der Waals surface area contributed by atoms with Crippen LogP contribution in [-0.2, 0) is 13.6 Å². The summed E-state index contributed by atoms with van der Waals surface area (Å²) in [6, 6.07) is 1.58. The Kier molecular flexibility index (Phi) is 4.39. The average Bonchev–Trinajstić information content (AvgIpc) is 2.04. The zero-order valence-electron chi connectivity index (χ0n) is 6.07. The minimum Gasteiger partial charge on any atom is -0.309 e. The molecule has 0 aliphatic carbocycles. The third-order valence-electron chi connectivity index (χ3n) is 0.887. The van der Waals surface area contributed by atoms with Crippen molar-refractivity contribution in [3.63, 3.8) is 0 Å². The van der Waals surface area contributed by atoms with Crippen molar-refractivity contribution in [2.45, 2.75) is 0 Å². The van der Waals surface area contributed by atoms with E-state index in [1.54, 1.807) is 6.07 Å². The van der Waals surface area contributed by atoms with Crippen LogP contribution >= 0.6 is 19.2 Å². The van der Waals surface area contributed by atoms with Gasteiger partial charge in [-0.25, -0.2) is 0 Å². The molecule has 0 saturated carbocycles. The number of nitriles is 1. The minimum absolute atomic E-state index is 0.211. The van der Waals surface area contributed by atoms with Crippen LogP contribution in [-0.4, -0.2) is 14.2 Å². The lowest BCUT2D eigenvalue weighted by atomic mass is 10.7. The lowest BCUT2D eigenvalue weighted by Crippen LogP contribution is -1.83. The summed E-state index contributed by atoms with van der Waals surface area (Å²) < 4.78 is 20.1. The quantitative estimate of drug-likeness (QED) is 0.511. The predicted molar refractivity (Wildman–Crippen MR) is 41.2 cm³/mol. The van der Waals surface area contributed by atoms with Gasteiger partial charge in [0, 0.05) is 14.2 Å². The normalized spacial score (nSPS) is 12.7. The van der Waals surface area contributed by atoms with Crippen LogP contribution in [0.15, 0.2) is 10.8 Å². The van der Waals surface area contributed by atoms with Crippen molar-refractivity contribution in [3.8, 4) is 6.07 Å². The molecule has 0 aliphatic heterocycles. The molecule has 0 N–H and O–H groups in total. The van der Waals surface area contributed by atoms with Gasteiger partial charge in [-0.3, -0.25) is 4.57 Å². The van der Waals surface area contributed by atoms with Gasteiger partial charge >= 0.3 is 7.60 Å². The van der Waals surface area contributed by atoms with Gasteiger partial charge in [-0.2, -0.15) is 5.26 Å². The van der Waals surface area contributed by atoms with E-state index in [2.05, 4.69) is 9.05 Å². The van der Waals surface area contributed by atoms with Crippen LogP contribution in [0.3, 0.4) is 0 Å². The number of nitrogens with zero attached hydrogens (tertiary/aromatic N) is 1. The zero-order chi connectivity index (χ0) is 8.91. The molecule has 0 spiro atoms. The van der Waals surface area contributed by atoms with Gasteiger partial charge in [0.2, 0.25) is 0 Å². The van der Waals surface area contributed by atoms with Crippen LogP contribution in [0.25, 0.3) is 0 Å². The highest BCUT2D eigenvalue weighted by molar-refractivity contribution is 7.57. The Morgan fingerprint density at radius 2 is 2.09 bits per heavy atom. The van der Waals surface area contributed by atoms with Crippen molar-refractivity contribution in [3.05, 3.63) is 10.8 Å². The second-order valence-corrected chi connectivity index (χ2v) is 3.97. The van der Waals surface area contributed by atoms with Crippen molar-refractivity contribution in [2.24, 2.45) is 0 Å². The molecule has 0 fully saturated rings. The maximum absolute atomic E-state index is 11.2. The molecule has 0 rings (SSSR count). The van der Waals surface area contributed by atoms with Crippen molar-refractivity contribution in [1.29, 1.82) is 5.26 Å². The highest BCUT2D eigenvalue weighted by Crippen LogP contribution is 2.49. The molecule has 6 heteroatoms. The summed E-state index contributed by atoms with van der Waals surface area (Å²) in [4.78, 5) is 0. The smallest absolute Gasteiger partial charge is 0.309 e. The fraction of sp³-hybridized carbons (Fsp3) is 0.400. The molecule has 11 heavy (non-hydrogen) atoms. The first-order valence-electron chi connectivity index (χ1n) is 2.57. The summed E-state index contributed by atoms with van der Waals surface area (Å²) in [7, 11) is -0.849. The Morgan fingerprint density at radius 1 is 1.64 bits per heavy atom. The van der Waals surface area contributed by atoms with E-state index < -0.39 is 7.60 Å². The van der Waals surface area contributed by atoms with Gasteiger partial charge in [0.25, 0.3) is 0 Å². The lowest BCUT2D eigenvalue weighted by Gasteiger charge is -2.06. The SMILES string of the molecule is COP(=O)(/C=C(\Cl)C#N)OC. The van der Waals surface area contributed by atoms with Crippen molar-refractivity contribution in [2.75, 3.05) is 14.2 Å². The van der Waals surface area contributed by atoms with E-state index in [4.69, 9.17) is 16.9 Å². The summed E-state index contributed by atoms with van der Waals surface area (Å²) in [5.41, 5.74) is 0. The molecule has 0 bridgehead atoms. The van der Waals surface area contributed by atoms with Crippen LogP contribution in [0.5, 0.6) is 0 Å². The standard InChI is InChI=1S/C5H7ClNO3P/c1-9-11(8,10-2)4-5(6)3-7/h4H,1-2H3/b5-4-. The number of halogens is 1. The molecule has 0 amide bonds. The van der Waals surface area contributed by atoms with Gasteiger partial charge < -0.3 is 9.05 Å². The molecule has 0 aromatic rings. The molecule has 0 aliphatic rings. The molecule has 0 atom stereocenters. The van der Waals surface area contributed by atoms with Gasteiger partial charge in [0.15, 0.2) is 0 Å². The first kappa shape index (κ1) is 10.7. The minimum atomic E-state index is -3.27. The van der Waals surface area contributed by atoms with Crippen LogP contribution in [0.4, 0.5) is 0 Å². The second-order valence-electron chi connectivity index (χ2n) is 1.49. The number of hydrogen-bond acceptors (Lipinski definition) is 4. The Labute approximate surface area is 69.9 Å². The second kappa shape index (κ2) is 4.53. The molecule has 0 heterocycles. The van der Waals surface area contributed by atoms with E-state index in [0.29, 0.717) is 0 Å². The molecule has 0 unspecified atom stereocenters. The number of rotatable bonds is 3. The molecule has 4 nitrogen and oxygen atoms in total. The fourth-order valence-electron chi connectivity index (χ4n) is 0.348. The Bertz CT molecular complexity index is 237. The summed E-state index contributed by atoms with van der Waals surface area (Å²) in [5.74, 6) is 0.953. The first-order valence-corrected chi connectivity index (χ1v) is 4.56. The predicted octanol–water partition coefficient (Wildman–Crippen LogP) is 2.08. The summed E-state index contributed by atoms with van der Waals surface area (Å²) in [6.45, 7) is 0. The third-order valence-corrected chi connectivity index (χ3v) is 2.83. The van der Waals surface area contributed by atoms with Crippen molar-refractivity contribution < 1.29 is 13.6 Å². The average molecular weight is 196 g/mol. The van der Waals surface area contributed by atoms with E-state index in [0.717, 1.165) is 5.82 Å². The molecule has 0 aromatic carbocycles. The topological polar surface area (TPSA) is 59.3 Å². The molecular weight excluding hydrogens is 188 g/mol. The van der Waals surface area contributed by atoms with E-state index in [1.165, 1.54) is 14.2 Å². The molecular formula is C5H7ClNO3P. The van der Waals surface area contributed by atoms with E-state index in [-0.39, 0.29) is 5.03 Å². The highest BCUT2D eigenvalue weighted by Gasteiger charge is 2.17. The third kappa shape index (κ3) is 3.54. The van der Waals surface area contributed by atoms with Gasteiger partial charge in [0.05, 0.1) is 5.82 Å². The van der Waals surface area contributed by atoms with Gasteiger partial charge in [0.1, 0.15) is 11.1 Å². The fourth-order valence-corrected chi connectivity index (χ4v) is 1.40. The van der Waals surface area contributed by atoms with Crippen LogP contribution < -0.4 is 0 Å². The van der Waals surface area contributed by atoms with Crippen LogP contribution in [0, 0.1) is 11.3 Å². The first-order chi connectivity index (χ1) is 5.08. The Balaban J connectivity index is 4.59. The summed E-state index contributed by atoms with van der Waals surface area (Å²) in [6.07, 6.45) is 0. The maximum atomic E-state index is 11.2. The summed E-state index contributed by atoms with van der Waals surface area (Å²) in [5, 5.41) is 8.00. The van der Waals surface area contributed by atoms with Crippen LogP contribution in [0.1, 0.15) is 0 Å². The Morgan fingerprint density at radius 3 is 2.36 bits per heavy atom. The molecule has 0 aromatic heterocycles. The lowest BCUT2D eigenvalue weighted by molar-refractivity contribution is 0.286. The van der Waals surface area contributed by atoms with E-state index in [1.807, 2.05) is 0 Å². The van der Waals surface area contributed by atoms with Gasteiger partial charge in [-0.15, -0.1) is 0 Å². The largest absolute Gasteiger partial charge is 0.355 e. The van der Waals surface area contributed by atoms with Gasteiger partial charge in [-0.05, 0) is 0 Å². The van der Waals surface area contributed by atoms with Crippen molar-refractivity contribution in [1.82, 2.24) is 0 Å². The monoisotopic (exact) mass is 195 g/mol. The molecule has 0 radical (unpaired) electrons. The van der Waals surface area contributed by atoms with E-state index >= 15 is 0 Å². The molecule has 0 saturated heterocycles. The highest BCUT2D eigenvalue weighted by atomic mass is 35.5. The maximum Gasteiger partial charge on any atom is 0.355 e. The molecule has 62 valence electrons. The van der Waals surface area contributed by atoms with Crippen LogP contribution in [0.2, 0.25) is 0 Å². The summed E-state index contributed by atoms with van der Waals surface area (Å²) >= 11 is 5.27. The van der Waals surface area contributed by atoms with Crippen molar-refractivity contribution >= 4 is 19.2 Å². The Hall–Kier alpha value is -0.330.